The minimum Gasteiger partial charge on any atom is -0.453 e. The molecule has 1 aliphatic carbocycles. The van der Waals surface area contributed by atoms with Gasteiger partial charge in [0.15, 0.2) is 23.0 Å². The van der Waals surface area contributed by atoms with E-state index < -0.39 is 106 Å². The van der Waals surface area contributed by atoms with Gasteiger partial charge in [0.2, 0.25) is 52.3 Å². The lowest BCUT2D eigenvalue weighted by atomic mass is 9.75. The Balaban J connectivity index is 1.86. The van der Waals surface area contributed by atoms with Crippen molar-refractivity contribution in [1.82, 2.24) is 0 Å². The Morgan fingerprint density at radius 1 is 0.448 bits per heavy atom. The monoisotopic (exact) mass is 938 g/mol. The molecule has 3 unspecified atom stereocenters. The zero-order valence-electron chi connectivity index (χ0n) is 36.1. The average Bonchev–Trinajstić information content (AvgIpc) is 3.32. The van der Waals surface area contributed by atoms with Crippen LogP contribution in [-0.4, -0.2) is 88.5 Å². The molecule has 0 bridgehead atoms. The Morgan fingerprint density at radius 2 is 0.731 bits per heavy atom. The number of hydrogen-bond acceptors (Lipinski definition) is 22. The van der Waals surface area contributed by atoms with Crippen LogP contribution >= 0.6 is 0 Å². The molecule has 3 rings (SSSR count). The van der Waals surface area contributed by atoms with E-state index in [9.17, 15) is 38.4 Å². The van der Waals surface area contributed by atoms with Gasteiger partial charge < -0.3 is 66.3 Å². The molecule has 358 valence electrons. The second-order valence-electron chi connectivity index (χ2n) is 13.0. The van der Waals surface area contributed by atoms with E-state index in [1.54, 1.807) is 6.92 Å². The third-order valence-electron chi connectivity index (χ3n) is 8.70. The standard InChI is InChI=1S/C45H46O22/c1-8-36(46)58-21-54-32-17-29(18-33(55-22-59-37(47)9-2)42(32)64-25-62-40(50)12-5)66-44(52)28-14-15-31(27(7)16-28)45(53)67-30-19-34(56-23-60-38(48)10-3)43(65-26-63-41(51)13-6)35(20-30)57-24-61-39(49)11-4/h8-13,17-20,27-28,31H,1-6,14-16,21-26H2,7H3. The molecule has 2 aromatic rings. The molecule has 0 aliphatic heterocycles. The lowest BCUT2D eigenvalue weighted by molar-refractivity contribution is -0.147. The molecule has 22 nitrogen and oxygen atoms in total. The van der Waals surface area contributed by atoms with Crippen LogP contribution in [0.1, 0.15) is 26.2 Å². The number of benzene rings is 2. The molecule has 0 N–H and O–H groups in total. The molecule has 0 spiro atoms. The van der Waals surface area contributed by atoms with Gasteiger partial charge in [-0.2, -0.15) is 0 Å². The van der Waals surface area contributed by atoms with Crippen LogP contribution in [0.2, 0.25) is 0 Å². The van der Waals surface area contributed by atoms with Crippen LogP contribution in [0.4, 0.5) is 0 Å². The second-order valence-corrected chi connectivity index (χ2v) is 13.0. The molecule has 2 aromatic carbocycles. The van der Waals surface area contributed by atoms with E-state index in [2.05, 4.69) is 39.5 Å². The highest BCUT2D eigenvalue weighted by Gasteiger charge is 2.38. The number of carbonyl (C=O) groups is 8. The highest BCUT2D eigenvalue weighted by atomic mass is 16.7. The SMILES string of the molecule is C=CC(=O)OCOc1cc(OC(=O)C2CCC(C(=O)Oc3cc(OCOC(=O)C=C)c(OCOC(=O)C=C)c(OCOC(=O)C=C)c3)C(C)C2)cc(OCOC(=O)C=C)c1OCOC(=O)C=C. The second kappa shape index (κ2) is 27.6. The minimum absolute atomic E-state index is 0.137. The highest BCUT2D eigenvalue weighted by molar-refractivity contribution is 5.83. The van der Waals surface area contributed by atoms with Gasteiger partial charge >= 0.3 is 47.8 Å². The fourth-order valence-electron chi connectivity index (χ4n) is 5.54. The molecule has 1 saturated carbocycles. The summed E-state index contributed by atoms with van der Waals surface area (Å²) in [6.45, 7) is 17.3. The van der Waals surface area contributed by atoms with Gasteiger partial charge in [0, 0.05) is 60.7 Å². The van der Waals surface area contributed by atoms with Crippen molar-refractivity contribution in [2.75, 3.05) is 40.8 Å². The van der Waals surface area contributed by atoms with Gasteiger partial charge in [0.05, 0.1) is 11.8 Å². The van der Waals surface area contributed by atoms with E-state index in [1.807, 2.05) is 0 Å². The van der Waals surface area contributed by atoms with E-state index in [1.165, 1.54) is 24.3 Å². The number of hydrogen-bond donors (Lipinski definition) is 0. The molecule has 1 aliphatic rings. The van der Waals surface area contributed by atoms with Crippen LogP contribution in [0.25, 0.3) is 0 Å². The predicted molar refractivity (Wildman–Crippen MR) is 225 cm³/mol. The fraction of sp³-hybridized carbons (Fsp3) is 0.289. The van der Waals surface area contributed by atoms with Crippen molar-refractivity contribution in [3.8, 4) is 46.0 Å². The van der Waals surface area contributed by atoms with Crippen molar-refractivity contribution < 1.29 is 105 Å². The summed E-state index contributed by atoms with van der Waals surface area (Å²) in [6, 6.07) is 4.75. The van der Waals surface area contributed by atoms with Gasteiger partial charge in [-0.25, -0.2) is 28.8 Å². The molecule has 1 fully saturated rings. The normalized spacial score (nSPS) is 14.6. The Bertz CT molecular complexity index is 2110. The van der Waals surface area contributed by atoms with Gasteiger partial charge in [0.25, 0.3) is 0 Å². The van der Waals surface area contributed by atoms with Crippen molar-refractivity contribution in [2.45, 2.75) is 26.2 Å². The highest BCUT2D eigenvalue weighted by Crippen LogP contribution is 2.44. The van der Waals surface area contributed by atoms with Crippen molar-refractivity contribution in [3.05, 3.63) is 100 Å². The Hall–Kier alpha value is -8.56. The summed E-state index contributed by atoms with van der Waals surface area (Å²) in [6.07, 6.45) is 5.71. The molecule has 67 heavy (non-hydrogen) atoms. The summed E-state index contributed by atoms with van der Waals surface area (Å²) in [5, 5.41) is 0. The van der Waals surface area contributed by atoms with E-state index >= 15 is 0 Å². The number of rotatable bonds is 28. The van der Waals surface area contributed by atoms with Gasteiger partial charge in [-0.1, -0.05) is 46.4 Å². The number of esters is 8. The summed E-state index contributed by atoms with van der Waals surface area (Å²) in [7, 11) is 0. The van der Waals surface area contributed by atoms with Crippen molar-refractivity contribution >= 4 is 47.8 Å². The van der Waals surface area contributed by atoms with E-state index in [0.717, 1.165) is 36.5 Å². The average molecular weight is 939 g/mol. The molecule has 0 amide bonds. The lowest BCUT2D eigenvalue weighted by Gasteiger charge is -2.31. The Morgan fingerprint density at radius 3 is 1.01 bits per heavy atom. The molecule has 0 saturated heterocycles. The maximum Gasteiger partial charge on any atom is 0.333 e. The molecule has 0 heterocycles. The van der Waals surface area contributed by atoms with Crippen LogP contribution in [0.3, 0.4) is 0 Å². The maximum atomic E-state index is 13.7. The van der Waals surface area contributed by atoms with E-state index in [4.69, 9.17) is 66.3 Å². The van der Waals surface area contributed by atoms with Gasteiger partial charge in [0.1, 0.15) is 11.5 Å². The topological polar surface area (TPSA) is 266 Å². The quantitative estimate of drug-likeness (QED) is 0.0370. The Kier molecular flexibility index (Phi) is 21.7. The summed E-state index contributed by atoms with van der Waals surface area (Å²) in [5.41, 5.74) is 0. The third kappa shape index (κ3) is 17.5. The summed E-state index contributed by atoms with van der Waals surface area (Å²) in [4.78, 5) is 97.5. The summed E-state index contributed by atoms with van der Waals surface area (Å²) < 4.78 is 74.2. The Labute approximate surface area is 382 Å². The van der Waals surface area contributed by atoms with Crippen LogP contribution in [0.15, 0.2) is 100 Å². The van der Waals surface area contributed by atoms with E-state index in [0.29, 0.717) is 0 Å². The van der Waals surface area contributed by atoms with Crippen molar-refractivity contribution in [3.63, 3.8) is 0 Å². The van der Waals surface area contributed by atoms with Crippen LogP contribution < -0.4 is 37.9 Å². The molecule has 0 radical (unpaired) electrons. The number of carbonyl (C=O) groups excluding carboxylic acids is 8. The largest absolute Gasteiger partial charge is 0.453 e. The van der Waals surface area contributed by atoms with Crippen LogP contribution in [0, 0.1) is 17.8 Å². The first-order valence-corrected chi connectivity index (χ1v) is 19.5. The smallest absolute Gasteiger partial charge is 0.333 e. The molecular weight excluding hydrogens is 892 g/mol. The molecule has 22 heteroatoms. The van der Waals surface area contributed by atoms with Crippen molar-refractivity contribution in [1.29, 1.82) is 0 Å². The number of ether oxygens (including phenoxy) is 14. The zero-order valence-corrected chi connectivity index (χ0v) is 36.1. The van der Waals surface area contributed by atoms with Crippen molar-refractivity contribution in [2.24, 2.45) is 17.8 Å². The maximum absolute atomic E-state index is 13.7. The minimum atomic E-state index is -0.843. The van der Waals surface area contributed by atoms with Gasteiger partial charge in [-0.05, 0) is 25.2 Å². The predicted octanol–water partition coefficient (Wildman–Crippen LogP) is 4.64. The van der Waals surface area contributed by atoms with Gasteiger partial charge in [-0.15, -0.1) is 0 Å². The first-order valence-electron chi connectivity index (χ1n) is 19.5. The first kappa shape index (κ1) is 52.8. The summed E-state index contributed by atoms with van der Waals surface area (Å²) >= 11 is 0. The van der Waals surface area contributed by atoms with Crippen LogP contribution in [0.5, 0.6) is 46.0 Å². The molecule has 3 atom stereocenters. The lowest BCUT2D eigenvalue weighted by Crippen LogP contribution is -2.35. The fourth-order valence-corrected chi connectivity index (χ4v) is 5.54. The van der Waals surface area contributed by atoms with E-state index in [-0.39, 0.29) is 65.3 Å². The third-order valence-corrected chi connectivity index (χ3v) is 8.70. The summed E-state index contributed by atoms with van der Waals surface area (Å²) in [5.74, 6) is -10.3. The van der Waals surface area contributed by atoms with Gasteiger partial charge in [-0.3, -0.25) is 9.59 Å². The van der Waals surface area contributed by atoms with Crippen LogP contribution in [-0.2, 0) is 66.8 Å². The molecule has 0 aromatic heterocycles. The zero-order chi connectivity index (χ0) is 49.3. The first-order chi connectivity index (χ1) is 32.2. The molecular formula is C45H46O22.